The molecule has 1 atom stereocenters. The van der Waals surface area contributed by atoms with Gasteiger partial charge in [-0.2, -0.15) is 5.10 Å². The van der Waals surface area contributed by atoms with Gasteiger partial charge >= 0.3 is 5.97 Å². The summed E-state index contributed by atoms with van der Waals surface area (Å²) in [4.78, 5) is 26.1. The maximum absolute atomic E-state index is 12.2. The van der Waals surface area contributed by atoms with E-state index in [0.717, 1.165) is 29.1 Å². The van der Waals surface area contributed by atoms with Crippen LogP contribution in [0.15, 0.2) is 11.1 Å². The number of likely N-dealkylation sites (N-methyl/N-ethyl adjacent to an activating group) is 1. The number of ether oxygens (including phenoxy) is 1. The summed E-state index contributed by atoms with van der Waals surface area (Å²) in [5, 5.41) is 10.2. The van der Waals surface area contributed by atoms with Gasteiger partial charge in [0, 0.05) is 19.2 Å². The van der Waals surface area contributed by atoms with Crippen molar-refractivity contribution < 1.29 is 14.3 Å². The number of aromatic nitrogens is 2. The highest BCUT2D eigenvalue weighted by molar-refractivity contribution is 5.99. The summed E-state index contributed by atoms with van der Waals surface area (Å²) in [5.41, 5.74) is 4.43. The predicted octanol–water partition coefficient (Wildman–Crippen LogP) is 1.48. The Morgan fingerprint density at radius 1 is 1.38 bits per heavy atom. The quantitative estimate of drug-likeness (QED) is 0.770. The zero-order chi connectivity index (χ0) is 17.9. The van der Waals surface area contributed by atoms with E-state index in [1.165, 1.54) is 0 Å². The Kier molecular flexibility index (Phi) is 5.64. The topological polar surface area (TPSA) is 87.3 Å². The molecule has 2 rings (SSSR count). The summed E-state index contributed by atoms with van der Waals surface area (Å²) in [6.07, 6.45) is 0.846. The van der Waals surface area contributed by atoms with E-state index >= 15 is 0 Å². The van der Waals surface area contributed by atoms with Crippen LogP contribution in [0.5, 0.6) is 0 Å². The highest BCUT2D eigenvalue weighted by Crippen LogP contribution is 2.29. The molecule has 0 saturated heterocycles. The molecule has 0 saturated carbocycles. The third-order valence-corrected chi connectivity index (χ3v) is 4.49. The molecule has 1 aromatic rings. The molecule has 2 N–H and O–H groups in total. The van der Waals surface area contributed by atoms with E-state index < -0.39 is 0 Å². The van der Waals surface area contributed by atoms with Crippen LogP contribution in [-0.4, -0.2) is 48.3 Å². The number of anilines is 1. The Morgan fingerprint density at radius 2 is 2.08 bits per heavy atom. The van der Waals surface area contributed by atoms with E-state index in [9.17, 15) is 9.59 Å². The summed E-state index contributed by atoms with van der Waals surface area (Å²) in [7, 11) is 1.99. The molecule has 2 heterocycles. The molecule has 7 heteroatoms. The van der Waals surface area contributed by atoms with Gasteiger partial charge < -0.3 is 15.0 Å². The summed E-state index contributed by atoms with van der Waals surface area (Å²) >= 11 is 0. The Balaban J connectivity index is 2.32. The van der Waals surface area contributed by atoms with Gasteiger partial charge in [0.15, 0.2) is 0 Å². The maximum Gasteiger partial charge on any atom is 0.310 e. The van der Waals surface area contributed by atoms with E-state index in [2.05, 4.69) is 27.3 Å². The van der Waals surface area contributed by atoms with Gasteiger partial charge in [0.2, 0.25) is 5.91 Å². The number of carbonyl (C=O) groups is 2. The van der Waals surface area contributed by atoms with Gasteiger partial charge in [-0.05, 0) is 32.8 Å². The molecule has 0 fully saturated rings. The normalized spacial score (nSPS) is 17.7. The number of esters is 1. The number of hydrogen-bond acceptors (Lipinski definition) is 5. The molecule has 0 spiro atoms. The molecule has 7 nitrogen and oxygen atoms in total. The molecule has 1 aliphatic heterocycles. The lowest BCUT2D eigenvalue weighted by Gasteiger charge is -2.35. The smallest absolute Gasteiger partial charge is 0.310 e. The fraction of sp³-hybridized carbons (Fsp3) is 0.588. The molecule has 0 aliphatic carbocycles. The minimum absolute atomic E-state index is 0.000844. The number of hydrogen-bond donors (Lipinski definition) is 2. The molecule has 132 valence electrons. The third kappa shape index (κ3) is 3.44. The van der Waals surface area contributed by atoms with Crippen molar-refractivity contribution in [2.24, 2.45) is 0 Å². The van der Waals surface area contributed by atoms with Gasteiger partial charge in [0.1, 0.15) is 0 Å². The average molecular weight is 334 g/mol. The van der Waals surface area contributed by atoms with Gasteiger partial charge in [0.25, 0.3) is 0 Å². The second-order valence-electron chi connectivity index (χ2n) is 5.97. The number of carbonyl (C=O) groups excluding carboxylic acids is 2. The molecule has 0 aromatic carbocycles. The molecule has 1 aromatic heterocycles. The van der Waals surface area contributed by atoms with Crippen LogP contribution in [0.25, 0.3) is 0 Å². The predicted molar refractivity (Wildman–Crippen MR) is 91.9 cm³/mol. The molecule has 1 unspecified atom stereocenters. The zero-order valence-corrected chi connectivity index (χ0v) is 15.0. The minimum Gasteiger partial charge on any atom is -0.466 e. The van der Waals surface area contributed by atoms with E-state index in [1.54, 1.807) is 6.92 Å². The minimum atomic E-state index is -0.376. The van der Waals surface area contributed by atoms with Crippen molar-refractivity contribution in [1.29, 1.82) is 0 Å². The molecule has 1 aliphatic rings. The molecular weight excluding hydrogens is 308 g/mol. The van der Waals surface area contributed by atoms with Gasteiger partial charge in [-0.3, -0.25) is 14.7 Å². The number of aromatic amines is 1. The Morgan fingerprint density at radius 3 is 2.71 bits per heavy atom. The van der Waals surface area contributed by atoms with Crippen molar-refractivity contribution in [3.05, 3.63) is 22.5 Å². The molecule has 1 amide bonds. The maximum atomic E-state index is 12.2. The SMILES string of the molecule is CCOC(=O)CC1=C(C)C(N(C)c2c(C)n[nH]c2CC)CNC1=O. The third-order valence-electron chi connectivity index (χ3n) is 4.49. The van der Waals surface area contributed by atoms with Crippen molar-refractivity contribution in [3.8, 4) is 0 Å². The van der Waals surface area contributed by atoms with Crippen molar-refractivity contribution >= 4 is 17.6 Å². The van der Waals surface area contributed by atoms with Crippen LogP contribution in [0.2, 0.25) is 0 Å². The molecule has 0 bridgehead atoms. The fourth-order valence-electron chi connectivity index (χ4n) is 3.18. The standard InChI is InChI=1S/C17H26N4O3/c1-6-13-16(11(4)19-20-13)21(5)14-9-18-17(23)12(10(14)3)8-15(22)24-7-2/h14H,6-9H2,1-5H3,(H,18,23)(H,19,20). The Labute approximate surface area is 142 Å². The van der Waals surface area contributed by atoms with Gasteiger partial charge in [0.05, 0.1) is 36.1 Å². The number of H-pyrrole nitrogens is 1. The first-order valence-electron chi connectivity index (χ1n) is 8.30. The van der Waals surface area contributed by atoms with E-state index in [1.807, 2.05) is 20.9 Å². The average Bonchev–Trinajstić information content (AvgIpc) is 2.92. The highest BCUT2D eigenvalue weighted by atomic mass is 16.5. The summed E-state index contributed by atoms with van der Waals surface area (Å²) < 4.78 is 4.98. The van der Waals surface area contributed by atoms with Gasteiger partial charge in [-0.25, -0.2) is 0 Å². The van der Waals surface area contributed by atoms with Crippen molar-refractivity contribution in [2.45, 2.75) is 46.6 Å². The zero-order valence-electron chi connectivity index (χ0n) is 15.0. The first-order valence-corrected chi connectivity index (χ1v) is 8.30. The van der Waals surface area contributed by atoms with Crippen LogP contribution in [0.3, 0.4) is 0 Å². The van der Waals surface area contributed by atoms with E-state index in [-0.39, 0.29) is 24.3 Å². The highest BCUT2D eigenvalue weighted by Gasteiger charge is 2.31. The molecule has 24 heavy (non-hydrogen) atoms. The lowest BCUT2D eigenvalue weighted by atomic mass is 9.94. The first-order chi connectivity index (χ1) is 11.4. The summed E-state index contributed by atoms with van der Waals surface area (Å²) in [5.74, 6) is -0.566. The monoisotopic (exact) mass is 334 g/mol. The van der Waals surface area contributed by atoms with Crippen LogP contribution in [0.1, 0.15) is 38.6 Å². The molecular formula is C17H26N4O3. The van der Waals surface area contributed by atoms with Crippen molar-refractivity contribution in [1.82, 2.24) is 15.5 Å². The van der Waals surface area contributed by atoms with Crippen molar-refractivity contribution in [3.63, 3.8) is 0 Å². The Hall–Kier alpha value is -2.31. The lowest BCUT2D eigenvalue weighted by Crippen LogP contribution is -2.48. The van der Waals surface area contributed by atoms with Crippen LogP contribution in [-0.2, 0) is 20.7 Å². The number of nitrogens with zero attached hydrogens (tertiary/aromatic N) is 2. The second-order valence-corrected chi connectivity index (χ2v) is 5.97. The fourth-order valence-corrected chi connectivity index (χ4v) is 3.18. The van der Waals surface area contributed by atoms with Crippen LogP contribution < -0.4 is 10.2 Å². The van der Waals surface area contributed by atoms with Crippen LogP contribution in [0, 0.1) is 6.92 Å². The number of amides is 1. The van der Waals surface area contributed by atoms with Crippen LogP contribution in [0.4, 0.5) is 5.69 Å². The van der Waals surface area contributed by atoms with Gasteiger partial charge in [-0.15, -0.1) is 0 Å². The largest absolute Gasteiger partial charge is 0.466 e. The van der Waals surface area contributed by atoms with Crippen molar-refractivity contribution in [2.75, 3.05) is 25.1 Å². The van der Waals surface area contributed by atoms with E-state index in [0.29, 0.717) is 18.7 Å². The number of nitrogens with one attached hydrogen (secondary N) is 2. The lowest BCUT2D eigenvalue weighted by molar-refractivity contribution is -0.143. The van der Waals surface area contributed by atoms with Gasteiger partial charge in [-0.1, -0.05) is 6.92 Å². The van der Waals surface area contributed by atoms with E-state index in [4.69, 9.17) is 4.74 Å². The van der Waals surface area contributed by atoms with Crippen LogP contribution >= 0.6 is 0 Å². The number of aryl methyl sites for hydroxylation is 2. The molecule has 0 radical (unpaired) electrons. The summed E-state index contributed by atoms with van der Waals surface area (Å²) in [6.45, 7) is 8.51. The first kappa shape index (κ1) is 18.0. The Bertz CT molecular complexity index is 663. The summed E-state index contributed by atoms with van der Waals surface area (Å²) in [6, 6.07) is -0.0197. The number of rotatable bonds is 6. The second kappa shape index (κ2) is 7.51.